The molecule has 1 aliphatic heterocycles. The molecular formula is C16H18N2O4. The van der Waals surface area contributed by atoms with Gasteiger partial charge in [-0.15, -0.1) is 0 Å². The molecule has 3 N–H and O–H groups in total. The van der Waals surface area contributed by atoms with Crippen LogP contribution >= 0.6 is 0 Å². The summed E-state index contributed by atoms with van der Waals surface area (Å²) in [6.07, 6.45) is 5.25. The second kappa shape index (κ2) is 5.85. The van der Waals surface area contributed by atoms with Crippen LogP contribution < -0.4 is 15.9 Å². The Morgan fingerprint density at radius 2 is 2.09 bits per heavy atom. The molecular weight excluding hydrogens is 284 g/mol. The number of rotatable bonds is 2. The van der Waals surface area contributed by atoms with Gasteiger partial charge in [-0.1, -0.05) is 19.3 Å². The maximum absolute atomic E-state index is 12.2. The highest BCUT2D eigenvalue weighted by Crippen LogP contribution is 2.45. The number of hydrogen-bond acceptors (Lipinski definition) is 6. The van der Waals surface area contributed by atoms with E-state index in [-0.39, 0.29) is 41.3 Å². The first-order valence-electron chi connectivity index (χ1n) is 7.51. The largest absolute Gasteiger partial charge is 0.459 e. The third-order valence-corrected chi connectivity index (χ3v) is 4.45. The summed E-state index contributed by atoms with van der Waals surface area (Å²) in [5.74, 6) is 0.356. The summed E-state index contributed by atoms with van der Waals surface area (Å²) in [6.45, 7) is -0.374. The number of nitrogens with two attached hydrogens (primary N) is 1. The Balaban J connectivity index is 2.15. The van der Waals surface area contributed by atoms with Gasteiger partial charge in [-0.3, -0.25) is 4.79 Å². The van der Waals surface area contributed by atoms with Gasteiger partial charge in [-0.2, -0.15) is 5.26 Å². The first-order chi connectivity index (χ1) is 10.7. The molecule has 2 aliphatic rings. The van der Waals surface area contributed by atoms with Gasteiger partial charge < -0.3 is 20.0 Å². The van der Waals surface area contributed by atoms with Gasteiger partial charge in [0.1, 0.15) is 24.0 Å². The van der Waals surface area contributed by atoms with Gasteiger partial charge in [0.15, 0.2) is 5.76 Å². The maximum atomic E-state index is 12.2. The van der Waals surface area contributed by atoms with Crippen molar-refractivity contribution in [2.24, 2.45) is 11.7 Å². The number of nitrogens with zero attached hydrogens (tertiary/aromatic N) is 1. The molecule has 2 heterocycles. The van der Waals surface area contributed by atoms with Crippen LogP contribution in [0.2, 0.25) is 0 Å². The Kier molecular flexibility index (Phi) is 3.90. The summed E-state index contributed by atoms with van der Waals surface area (Å²) in [6, 6.07) is 3.30. The predicted molar refractivity (Wildman–Crippen MR) is 77.7 cm³/mol. The minimum atomic E-state index is -0.383. The van der Waals surface area contributed by atoms with E-state index in [4.69, 9.17) is 14.9 Å². The zero-order valence-electron chi connectivity index (χ0n) is 12.2. The Hall–Kier alpha value is -2.26. The summed E-state index contributed by atoms with van der Waals surface area (Å²) in [4.78, 5) is 12.2. The van der Waals surface area contributed by atoms with Crippen molar-refractivity contribution in [3.8, 4) is 11.8 Å². The van der Waals surface area contributed by atoms with Crippen LogP contribution in [0, 0.1) is 17.2 Å². The van der Waals surface area contributed by atoms with Crippen LogP contribution in [0.25, 0.3) is 0 Å². The third kappa shape index (κ3) is 2.38. The first kappa shape index (κ1) is 14.7. The van der Waals surface area contributed by atoms with Gasteiger partial charge >= 0.3 is 0 Å². The van der Waals surface area contributed by atoms with Gasteiger partial charge in [0, 0.05) is 6.07 Å². The summed E-state index contributed by atoms with van der Waals surface area (Å²) < 4.78 is 11.0. The molecule has 0 aromatic carbocycles. The summed E-state index contributed by atoms with van der Waals surface area (Å²) in [5, 5.41) is 18.7. The Morgan fingerprint density at radius 3 is 2.73 bits per heavy atom. The van der Waals surface area contributed by atoms with E-state index >= 15 is 0 Å². The molecule has 0 amide bonds. The predicted octanol–water partition coefficient (Wildman–Crippen LogP) is 1.88. The van der Waals surface area contributed by atoms with Crippen molar-refractivity contribution in [1.82, 2.24) is 0 Å². The number of ether oxygens (including phenoxy) is 1. The molecule has 0 spiro atoms. The highest BCUT2D eigenvalue weighted by Gasteiger charge is 2.39. The van der Waals surface area contributed by atoms with E-state index in [0.717, 1.165) is 25.7 Å². The number of hydrogen-bond donors (Lipinski definition) is 2. The minimum Gasteiger partial charge on any atom is -0.459 e. The van der Waals surface area contributed by atoms with Crippen molar-refractivity contribution >= 4 is 0 Å². The Labute approximate surface area is 127 Å². The molecule has 1 atom stereocenters. The van der Waals surface area contributed by atoms with E-state index in [1.54, 1.807) is 0 Å². The topological polar surface area (TPSA) is 109 Å². The molecule has 1 unspecified atom stereocenters. The minimum absolute atomic E-state index is 0.0189. The number of aliphatic hydroxyl groups is 1. The van der Waals surface area contributed by atoms with Crippen molar-refractivity contribution in [2.75, 3.05) is 0 Å². The van der Waals surface area contributed by atoms with Crippen LogP contribution in [-0.4, -0.2) is 5.11 Å². The van der Waals surface area contributed by atoms with Gasteiger partial charge in [-0.25, -0.2) is 0 Å². The van der Waals surface area contributed by atoms with Crippen molar-refractivity contribution in [3.63, 3.8) is 0 Å². The monoisotopic (exact) mass is 302 g/mol. The quantitative estimate of drug-likeness (QED) is 0.863. The average molecular weight is 302 g/mol. The molecule has 3 rings (SSSR count). The number of nitriles is 1. The molecule has 6 nitrogen and oxygen atoms in total. The summed E-state index contributed by atoms with van der Waals surface area (Å²) >= 11 is 0. The van der Waals surface area contributed by atoms with Crippen LogP contribution in [-0.2, 0) is 6.61 Å². The number of aliphatic hydroxyl groups excluding tert-OH is 1. The average Bonchev–Trinajstić information content (AvgIpc) is 2.55. The summed E-state index contributed by atoms with van der Waals surface area (Å²) in [5.41, 5.74) is 5.78. The van der Waals surface area contributed by atoms with Crippen molar-refractivity contribution in [1.29, 1.82) is 5.26 Å². The zero-order valence-corrected chi connectivity index (χ0v) is 12.2. The summed E-state index contributed by atoms with van der Waals surface area (Å²) in [7, 11) is 0. The molecule has 1 aromatic rings. The van der Waals surface area contributed by atoms with Crippen molar-refractivity contribution < 1.29 is 14.3 Å². The molecule has 1 fully saturated rings. The second-order valence-corrected chi connectivity index (χ2v) is 5.80. The van der Waals surface area contributed by atoms with E-state index in [1.807, 2.05) is 0 Å². The molecule has 6 heteroatoms. The standard InChI is InChI=1S/C16H18N2O4/c17-7-11-13(9-4-2-1-3-5-9)15-14(22-16(11)18)12(20)6-10(8-19)21-15/h6,9,13,19H,1-5,8,18H2. The number of allylic oxidation sites excluding steroid dienone is 1. The first-order valence-corrected chi connectivity index (χ1v) is 7.51. The lowest BCUT2D eigenvalue weighted by Gasteiger charge is -2.32. The Morgan fingerprint density at radius 1 is 1.36 bits per heavy atom. The van der Waals surface area contributed by atoms with Crippen LogP contribution in [0.1, 0.15) is 49.5 Å². The second-order valence-electron chi connectivity index (χ2n) is 5.80. The smallest absolute Gasteiger partial charge is 0.228 e. The number of fused-ring (bicyclic) bond motifs is 1. The molecule has 0 saturated heterocycles. The molecule has 1 aliphatic carbocycles. The molecule has 1 aromatic heterocycles. The van der Waals surface area contributed by atoms with Gasteiger partial charge in [0.2, 0.25) is 17.1 Å². The lowest BCUT2D eigenvalue weighted by Crippen LogP contribution is -2.29. The fourth-order valence-corrected chi connectivity index (χ4v) is 3.42. The van der Waals surface area contributed by atoms with E-state index in [1.165, 1.54) is 12.5 Å². The van der Waals surface area contributed by atoms with E-state index in [9.17, 15) is 15.2 Å². The van der Waals surface area contributed by atoms with Crippen LogP contribution in [0.5, 0.6) is 5.75 Å². The van der Waals surface area contributed by atoms with Gasteiger partial charge in [0.25, 0.3) is 0 Å². The molecule has 0 radical (unpaired) electrons. The normalized spacial score (nSPS) is 21.9. The van der Waals surface area contributed by atoms with Crippen LogP contribution in [0.4, 0.5) is 0 Å². The van der Waals surface area contributed by atoms with Crippen LogP contribution in [0.15, 0.2) is 26.7 Å². The molecule has 22 heavy (non-hydrogen) atoms. The van der Waals surface area contributed by atoms with E-state index < -0.39 is 0 Å². The molecule has 1 saturated carbocycles. The maximum Gasteiger partial charge on any atom is 0.228 e. The van der Waals surface area contributed by atoms with E-state index in [0.29, 0.717) is 11.3 Å². The van der Waals surface area contributed by atoms with Crippen molar-refractivity contribution in [3.05, 3.63) is 39.3 Å². The molecule has 116 valence electrons. The highest BCUT2D eigenvalue weighted by molar-refractivity contribution is 5.46. The Bertz CT molecular complexity index is 708. The SMILES string of the molecule is N#CC1=C(N)Oc2c(oc(CO)cc2=O)C1C1CCCCC1. The fourth-order valence-electron chi connectivity index (χ4n) is 3.42. The van der Waals surface area contributed by atoms with E-state index in [2.05, 4.69) is 6.07 Å². The van der Waals surface area contributed by atoms with Gasteiger partial charge in [0.05, 0.1) is 5.92 Å². The fraction of sp³-hybridized carbons (Fsp3) is 0.500. The van der Waals surface area contributed by atoms with Gasteiger partial charge in [-0.05, 0) is 18.8 Å². The lowest BCUT2D eigenvalue weighted by molar-refractivity contribution is 0.214. The third-order valence-electron chi connectivity index (χ3n) is 4.45. The molecule has 0 bridgehead atoms. The highest BCUT2D eigenvalue weighted by atomic mass is 16.5. The van der Waals surface area contributed by atoms with Crippen LogP contribution in [0.3, 0.4) is 0 Å². The van der Waals surface area contributed by atoms with Crippen molar-refractivity contribution in [2.45, 2.75) is 44.6 Å². The zero-order chi connectivity index (χ0) is 15.7. The lowest BCUT2D eigenvalue weighted by atomic mass is 9.75.